The molecule has 0 aromatic heterocycles. The summed E-state index contributed by atoms with van der Waals surface area (Å²) in [5.74, 6) is 0.0560. The van der Waals surface area contributed by atoms with E-state index in [1.807, 2.05) is 0 Å². The molecule has 0 unspecified atom stereocenters. The third-order valence-corrected chi connectivity index (χ3v) is 2.57. The molecule has 102 valence electrons. The highest BCUT2D eigenvalue weighted by molar-refractivity contribution is 5.85. The van der Waals surface area contributed by atoms with Gasteiger partial charge in [0.2, 0.25) is 0 Å². The van der Waals surface area contributed by atoms with Crippen LogP contribution in [-0.4, -0.2) is 12.8 Å². The zero-order valence-electron chi connectivity index (χ0n) is 9.57. The average Bonchev–Trinajstić information content (AvgIpc) is 2.58. The summed E-state index contributed by atoms with van der Waals surface area (Å²) in [7, 11) is 0. The second-order valence-electron chi connectivity index (χ2n) is 3.91. The van der Waals surface area contributed by atoms with Gasteiger partial charge in [-0.2, -0.15) is 0 Å². The number of ether oxygens (including phenoxy) is 2. The Balaban J connectivity index is 0.00000162. The highest BCUT2D eigenvalue weighted by atomic mass is 35.5. The minimum atomic E-state index is -3.58. The molecule has 1 aliphatic rings. The topological polar surface area (TPSA) is 70.5 Å². The second kappa shape index (κ2) is 5.69. The number of hydrogen-bond donors (Lipinski definition) is 2. The van der Waals surface area contributed by atoms with Crippen molar-refractivity contribution in [3.05, 3.63) is 23.8 Å². The maximum absolute atomic E-state index is 12.8. The Bertz CT molecular complexity index is 418. The highest BCUT2D eigenvalue weighted by Gasteiger charge is 2.43. The van der Waals surface area contributed by atoms with E-state index in [9.17, 15) is 8.78 Å². The first-order valence-electron chi connectivity index (χ1n) is 5.37. The molecule has 1 aliphatic heterocycles. The Morgan fingerprint density at radius 1 is 1.22 bits per heavy atom. The Morgan fingerprint density at radius 2 is 1.89 bits per heavy atom. The lowest BCUT2D eigenvalue weighted by atomic mass is 10.0. The monoisotopic (exact) mass is 280 g/mol. The molecule has 0 saturated carbocycles. The van der Waals surface area contributed by atoms with Gasteiger partial charge in [0.1, 0.15) is 0 Å². The lowest BCUT2D eigenvalue weighted by Crippen LogP contribution is -2.25. The van der Waals surface area contributed by atoms with Crippen molar-refractivity contribution in [2.75, 3.05) is 6.54 Å². The van der Waals surface area contributed by atoms with Crippen molar-refractivity contribution >= 4 is 12.4 Å². The SMILES string of the molecule is Cl.NCCC[C@H](N)c1ccc2c(c1)OC(F)(F)O2. The van der Waals surface area contributed by atoms with Crippen LogP contribution in [0.25, 0.3) is 0 Å². The van der Waals surface area contributed by atoms with Crippen LogP contribution in [0, 0.1) is 0 Å². The van der Waals surface area contributed by atoms with Gasteiger partial charge >= 0.3 is 6.29 Å². The van der Waals surface area contributed by atoms with Gasteiger partial charge in [-0.25, -0.2) is 0 Å². The number of rotatable bonds is 4. The summed E-state index contributed by atoms with van der Waals surface area (Å²) in [5, 5.41) is 0. The third-order valence-electron chi connectivity index (χ3n) is 2.57. The van der Waals surface area contributed by atoms with Crippen molar-refractivity contribution in [2.24, 2.45) is 11.5 Å². The van der Waals surface area contributed by atoms with Crippen molar-refractivity contribution in [2.45, 2.75) is 25.2 Å². The second-order valence-corrected chi connectivity index (χ2v) is 3.91. The van der Waals surface area contributed by atoms with Gasteiger partial charge in [-0.05, 0) is 37.1 Å². The molecule has 0 aliphatic carbocycles. The zero-order valence-corrected chi connectivity index (χ0v) is 10.4. The molecule has 0 bridgehead atoms. The summed E-state index contributed by atoms with van der Waals surface area (Å²) in [5.41, 5.74) is 12.0. The van der Waals surface area contributed by atoms with Gasteiger partial charge in [0.25, 0.3) is 0 Å². The number of fused-ring (bicyclic) bond motifs is 1. The summed E-state index contributed by atoms with van der Waals surface area (Å²) in [6, 6.07) is 4.34. The molecule has 1 aromatic carbocycles. The van der Waals surface area contributed by atoms with Crippen molar-refractivity contribution < 1.29 is 18.3 Å². The smallest absolute Gasteiger partial charge is 0.395 e. The molecule has 4 N–H and O–H groups in total. The van der Waals surface area contributed by atoms with Crippen LogP contribution in [-0.2, 0) is 0 Å². The molecule has 7 heteroatoms. The van der Waals surface area contributed by atoms with Crippen LogP contribution in [0.4, 0.5) is 8.78 Å². The van der Waals surface area contributed by atoms with E-state index in [-0.39, 0.29) is 29.9 Å². The van der Waals surface area contributed by atoms with Crippen LogP contribution in [0.3, 0.4) is 0 Å². The Hall–Kier alpha value is -1.11. The van der Waals surface area contributed by atoms with Crippen molar-refractivity contribution in [3.63, 3.8) is 0 Å². The molecule has 0 spiro atoms. The fraction of sp³-hybridized carbons (Fsp3) is 0.455. The van der Waals surface area contributed by atoms with E-state index in [2.05, 4.69) is 9.47 Å². The number of nitrogens with two attached hydrogens (primary N) is 2. The summed E-state index contributed by atoms with van der Waals surface area (Å²) >= 11 is 0. The van der Waals surface area contributed by atoms with Crippen LogP contribution in [0.5, 0.6) is 11.5 Å². The van der Waals surface area contributed by atoms with Crippen molar-refractivity contribution in [1.29, 1.82) is 0 Å². The van der Waals surface area contributed by atoms with E-state index in [4.69, 9.17) is 11.5 Å². The maximum Gasteiger partial charge on any atom is 0.586 e. The van der Waals surface area contributed by atoms with Crippen LogP contribution in [0.15, 0.2) is 18.2 Å². The lowest BCUT2D eigenvalue weighted by molar-refractivity contribution is -0.286. The van der Waals surface area contributed by atoms with Gasteiger partial charge in [0.15, 0.2) is 11.5 Å². The predicted molar refractivity (Wildman–Crippen MR) is 65.1 cm³/mol. The van der Waals surface area contributed by atoms with Crippen molar-refractivity contribution in [1.82, 2.24) is 0 Å². The number of hydrogen-bond acceptors (Lipinski definition) is 4. The summed E-state index contributed by atoms with van der Waals surface area (Å²) in [6.45, 7) is 0.552. The van der Waals surface area contributed by atoms with E-state index in [1.54, 1.807) is 6.07 Å². The van der Waals surface area contributed by atoms with Gasteiger partial charge < -0.3 is 20.9 Å². The molecule has 1 atom stereocenters. The standard InChI is InChI=1S/C11H14F2N2O2.ClH/c12-11(13)16-9-4-3-7(6-10(9)17-11)8(15)2-1-5-14;/h3-4,6,8H,1-2,5,14-15H2;1H/t8-;/m0./s1. The molecule has 18 heavy (non-hydrogen) atoms. The minimum absolute atomic E-state index is 0. The molecule has 0 saturated heterocycles. The highest BCUT2D eigenvalue weighted by Crippen LogP contribution is 2.42. The average molecular weight is 281 g/mol. The van der Waals surface area contributed by atoms with Crippen LogP contribution < -0.4 is 20.9 Å². The molecular formula is C11H15ClF2N2O2. The van der Waals surface area contributed by atoms with Crippen LogP contribution in [0.2, 0.25) is 0 Å². The Morgan fingerprint density at radius 3 is 2.56 bits per heavy atom. The van der Waals surface area contributed by atoms with Gasteiger partial charge in [0, 0.05) is 6.04 Å². The maximum atomic E-state index is 12.8. The van der Waals surface area contributed by atoms with Gasteiger partial charge in [-0.3, -0.25) is 0 Å². The largest absolute Gasteiger partial charge is 0.586 e. The lowest BCUT2D eigenvalue weighted by Gasteiger charge is -2.11. The van der Waals surface area contributed by atoms with E-state index in [0.717, 1.165) is 12.0 Å². The normalized spacial score (nSPS) is 17.1. The Labute approximate surface area is 110 Å². The van der Waals surface area contributed by atoms with E-state index in [1.165, 1.54) is 12.1 Å². The Kier molecular flexibility index (Phi) is 4.72. The summed E-state index contributed by atoms with van der Waals surface area (Å²) in [6.07, 6.45) is -2.10. The molecule has 0 amide bonds. The molecular weight excluding hydrogens is 266 g/mol. The zero-order chi connectivity index (χ0) is 12.5. The molecule has 1 heterocycles. The molecule has 4 nitrogen and oxygen atoms in total. The molecule has 0 fully saturated rings. The number of alkyl halides is 2. The van der Waals surface area contributed by atoms with Gasteiger partial charge in [-0.1, -0.05) is 6.07 Å². The van der Waals surface area contributed by atoms with E-state index < -0.39 is 6.29 Å². The number of benzene rings is 1. The first-order valence-corrected chi connectivity index (χ1v) is 5.37. The van der Waals surface area contributed by atoms with Gasteiger partial charge in [-0.15, -0.1) is 21.2 Å². The fourth-order valence-corrected chi connectivity index (χ4v) is 1.70. The summed E-state index contributed by atoms with van der Waals surface area (Å²) < 4.78 is 34.2. The first kappa shape index (κ1) is 14.9. The quantitative estimate of drug-likeness (QED) is 0.887. The minimum Gasteiger partial charge on any atom is -0.395 e. The van der Waals surface area contributed by atoms with Crippen LogP contribution >= 0.6 is 12.4 Å². The predicted octanol–water partition coefficient (Wildman–Crippen LogP) is 2.17. The molecule has 0 radical (unpaired) electrons. The summed E-state index contributed by atoms with van der Waals surface area (Å²) in [4.78, 5) is 0. The first-order chi connectivity index (χ1) is 8.02. The number of halogens is 3. The van der Waals surface area contributed by atoms with E-state index >= 15 is 0 Å². The fourth-order valence-electron chi connectivity index (χ4n) is 1.70. The third kappa shape index (κ3) is 3.22. The molecule has 2 rings (SSSR count). The van der Waals surface area contributed by atoms with Crippen LogP contribution in [0.1, 0.15) is 24.4 Å². The van der Waals surface area contributed by atoms with Gasteiger partial charge in [0.05, 0.1) is 0 Å². The van der Waals surface area contributed by atoms with Crippen molar-refractivity contribution in [3.8, 4) is 11.5 Å². The molecule has 1 aromatic rings. The van der Waals surface area contributed by atoms with E-state index in [0.29, 0.717) is 13.0 Å².